The molecule has 1 heterocycles. The Labute approximate surface area is 97.3 Å². The number of hydrogen-bond acceptors (Lipinski definition) is 2. The van der Waals surface area contributed by atoms with E-state index in [-0.39, 0.29) is 11.4 Å². The molecule has 1 atom stereocenters. The third-order valence-corrected chi connectivity index (χ3v) is 4.52. The van der Waals surface area contributed by atoms with E-state index in [0.29, 0.717) is 6.61 Å². The van der Waals surface area contributed by atoms with Crippen LogP contribution in [0.15, 0.2) is 23.8 Å². The van der Waals surface area contributed by atoms with Crippen LogP contribution < -0.4 is 0 Å². The number of ether oxygens (including phenoxy) is 2. The first-order chi connectivity index (χ1) is 7.62. The molecule has 2 aliphatic carbocycles. The molecule has 2 fully saturated rings. The monoisotopic (exact) mass is 220 g/mol. The summed E-state index contributed by atoms with van der Waals surface area (Å²) in [4.78, 5) is 0. The van der Waals surface area contributed by atoms with Crippen molar-refractivity contribution >= 4 is 0 Å². The lowest BCUT2D eigenvalue weighted by molar-refractivity contribution is -0.193. The van der Waals surface area contributed by atoms with Crippen LogP contribution in [0.5, 0.6) is 0 Å². The van der Waals surface area contributed by atoms with Crippen molar-refractivity contribution in [1.82, 2.24) is 0 Å². The maximum atomic E-state index is 6.28. The first-order valence-electron chi connectivity index (χ1n) is 6.30. The van der Waals surface area contributed by atoms with E-state index in [0.717, 1.165) is 18.8 Å². The van der Waals surface area contributed by atoms with Gasteiger partial charge in [0.2, 0.25) is 0 Å². The molecule has 3 aliphatic rings. The lowest BCUT2D eigenvalue weighted by Crippen LogP contribution is -2.36. The Morgan fingerprint density at radius 3 is 2.62 bits per heavy atom. The van der Waals surface area contributed by atoms with Gasteiger partial charge in [0, 0.05) is 12.8 Å². The molecule has 2 spiro atoms. The molecule has 0 radical (unpaired) electrons. The van der Waals surface area contributed by atoms with Crippen LogP contribution in [0, 0.1) is 5.92 Å². The average molecular weight is 220 g/mol. The Morgan fingerprint density at radius 2 is 2.06 bits per heavy atom. The highest BCUT2D eigenvalue weighted by atomic mass is 16.8. The van der Waals surface area contributed by atoms with Crippen molar-refractivity contribution in [2.75, 3.05) is 6.61 Å². The Balaban J connectivity index is 1.73. The van der Waals surface area contributed by atoms with Gasteiger partial charge in [-0.2, -0.15) is 0 Å². The summed E-state index contributed by atoms with van der Waals surface area (Å²) in [6.07, 6.45) is 6.46. The maximum absolute atomic E-state index is 6.28. The van der Waals surface area contributed by atoms with Gasteiger partial charge >= 0.3 is 0 Å². The van der Waals surface area contributed by atoms with Crippen LogP contribution in [0.3, 0.4) is 0 Å². The van der Waals surface area contributed by atoms with Gasteiger partial charge in [-0.05, 0) is 36.8 Å². The van der Waals surface area contributed by atoms with E-state index in [1.807, 2.05) is 6.08 Å². The van der Waals surface area contributed by atoms with E-state index < -0.39 is 0 Å². The van der Waals surface area contributed by atoms with Crippen LogP contribution in [0.1, 0.15) is 39.5 Å². The smallest absolute Gasteiger partial charge is 0.170 e. The van der Waals surface area contributed by atoms with Crippen molar-refractivity contribution in [1.29, 1.82) is 0 Å². The Hall–Kier alpha value is -0.600. The second-order valence-electron chi connectivity index (χ2n) is 5.55. The lowest BCUT2D eigenvalue weighted by Gasteiger charge is -2.34. The van der Waals surface area contributed by atoms with E-state index in [1.54, 1.807) is 0 Å². The van der Waals surface area contributed by atoms with Crippen molar-refractivity contribution in [3.63, 3.8) is 0 Å². The Morgan fingerprint density at radius 1 is 1.38 bits per heavy atom. The second kappa shape index (κ2) is 3.21. The van der Waals surface area contributed by atoms with Gasteiger partial charge in [-0.25, -0.2) is 0 Å². The first-order valence-corrected chi connectivity index (χ1v) is 6.30. The largest absolute Gasteiger partial charge is 0.346 e. The summed E-state index contributed by atoms with van der Waals surface area (Å²) in [6.45, 7) is 8.99. The standard InChI is InChI=1S/C14H20O2/c1-4-12-11(3)14(12)9-15-13(16-14)7-5-10(2)6-8-13/h4,10H,1,5-9H2,2-3H3. The molecule has 0 bridgehead atoms. The fraction of sp³-hybridized carbons (Fsp3) is 0.714. The summed E-state index contributed by atoms with van der Waals surface area (Å²) in [5, 5.41) is 0. The molecule has 0 amide bonds. The molecule has 2 nitrogen and oxygen atoms in total. The van der Waals surface area contributed by atoms with Crippen LogP contribution in [-0.4, -0.2) is 18.0 Å². The topological polar surface area (TPSA) is 18.5 Å². The SMILES string of the molecule is C=CC1=C(C)C12COC1(CCC(C)CC1)O2. The van der Waals surface area contributed by atoms with Crippen molar-refractivity contribution < 1.29 is 9.47 Å². The number of hydrogen-bond donors (Lipinski definition) is 0. The molecule has 0 N–H and O–H groups in total. The van der Waals surface area contributed by atoms with E-state index in [1.165, 1.54) is 24.0 Å². The Kier molecular flexibility index (Phi) is 2.11. The van der Waals surface area contributed by atoms with Gasteiger partial charge in [0.05, 0.1) is 6.61 Å². The van der Waals surface area contributed by atoms with Crippen LogP contribution >= 0.6 is 0 Å². The molecule has 1 saturated heterocycles. The molecule has 3 rings (SSSR count). The molecule has 1 unspecified atom stereocenters. The van der Waals surface area contributed by atoms with Gasteiger partial charge in [-0.1, -0.05) is 19.6 Å². The quantitative estimate of drug-likeness (QED) is 0.675. The van der Waals surface area contributed by atoms with Crippen molar-refractivity contribution in [3.05, 3.63) is 23.8 Å². The molecule has 0 aromatic rings. The average Bonchev–Trinajstić information content (AvgIpc) is 2.67. The minimum absolute atomic E-state index is 0.178. The number of rotatable bonds is 1. The van der Waals surface area contributed by atoms with Gasteiger partial charge in [-0.15, -0.1) is 0 Å². The highest BCUT2D eigenvalue weighted by molar-refractivity contribution is 5.58. The van der Waals surface area contributed by atoms with Crippen molar-refractivity contribution in [3.8, 4) is 0 Å². The van der Waals surface area contributed by atoms with Gasteiger partial charge in [-0.3, -0.25) is 0 Å². The minimum atomic E-state index is -0.279. The van der Waals surface area contributed by atoms with Gasteiger partial charge in [0.15, 0.2) is 5.79 Å². The zero-order valence-electron chi connectivity index (χ0n) is 10.2. The van der Waals surface area contributed by atoms with E-state index in [9.17, 15) is 0 Å². The molecule has 0 aromatic heterocycles. The summed E-state index contributed by atoms with van der Waals surface area (Å²) in [6, 6.07) is 0. The molecule has 1 saturated carbocycles. The lowest BCUT2D eigenvalue weighted by atomic mass is 9.86. The molecule has 88 valence electrons. The third-order valence-electron chi connectivity index (χ3n) is 4.52. The molecule has 0 aromatic carbocycles. The summed E-state index contributed by atoms with van der Waals surface area (Å²) in [5.41, 5.74) is 2.39. The predicted molar refractivity (Wildman–Crippen MR) is 63.0 cm³/mol. The molecular weight excluding hydrogens is 200 g/mol. The van der Waals surface area contributed by atoms with Crippen LogP contribution in [0.2, 0.25) is 0 Å². The predicted octanol–water partition coefficient (Wildman–Crippen LogP) is 3.19. The van der Waals surface area contributed by atoms with Gasteiger partial charge in [0.25, 0.3) is 0 Å². The maximum Gasteiger partial charge on any atom is 0.170 e. The van der Waals surface area contributed by atoms with E-state index >= 15 is 0 Å². The van der Waals surface area contributed by atoms with Crippen molar-refractivity contribution in [2.45, 2.75) is 50.9 Å². The Bertz CT molecular complexity index is 361. The fourth-order valence-corrected chi connectivity index (χ4v) is 3.15. The molecular formula is C14H20O2. The molecule has 16 heavy (non-hydrogen) atoms. The third kappa shape index (κ3) is 1.26. The minimum Gasteiger partial charge on any atom is -0.346 e. The van der Waals surface area contributed by atoms with Crippen LogP contribution in [-0.2, 0) is 9.47 Å². The molecule has 1 aliphatic heterocycles. The van der Waals surface area contributed by atoms with Crippen LogP contribution in [0.4, 0.5) is 0 Å². The van der Waals surface area contributed by atoms with Crippen molar-refractivity contribution in [2.24, 2.45) is 5.92 Å². The summed E-state index contributed by atoms with van der Waals surface area (Å²) in [7, 11) is 0. The molecule has 2 heteroatoms. The van der Waals surface area contributed by atoms with Crippen LogP contribution in [0.25, 0.3) is 0 Å². The van der Waals surface area contributed by atoms with Gasteiger partial charge in [0.1, 0.15) is 5.60 Å². The van der Waals surface area contributed by atoms with E-state index in [2.05, 4.69) is 20.4 Å². The summed E-state index contributed by atoms with van der Waals surface area (Å²) >= 11 is 0. The highest BCUT2D eigenvalue weighted by Crippen LogP contribution is 2.57. The van der Waals surface area contributed by atoms with Gasteiger partial charge < -0.3 is 9.47 Å². The highest BCUT2D eigenvalue weighted by Gasteiger charge is 2.61. The normalized spacial score (nSPS) is 46.8. The zero-order valence-corrected chi connectivity index (χ0v) is 10.2. The van der Waals surface area contributed by atoms with E-state index in [4.69, 9.17) is 9.47 Å². The first kappa shape index (κ1) is 10.5. The second-order valence-corrected chi connectivity index (χ2v) is 5.55. The summed E-state index contributed by atoms with van der Waals surface area (Å²) in [5.74, 6) is 0.542. The summed E-state index contributed by atoms with van der Waals surface area (Å²) < 4.78 is 12.3. The fourth-order valence-electron chi connectivity index (χ4n) is 3.15. The zero-order chi connectivity index (χ0) is 11.4.